The lowest BCUT2D eigenvalue weighted by Gasteiger charge is -2.16. The molecule has 0 aliphatic heterocycles. The predicted octanol–water partition coefficient (Wildman–Crippen LogP) is 5.79. The maximum atomic E-state index is 13.2. The van der Waals surface area contributed by atoms with Crippen LogP contribution in [0.2, 0.25) is 0 Å². The lowest BCUT2D eigenvalue weighted by atomic mass is 9.92. The van der Waals surface area contributed by atoms with Gasteiger partial charge in [0.1, 0.15) is 6.04 Å². The maximum Gasteiger partial charge on any atom is 0.248 e. The number of fused-ring (bicyclic) bond motifs is 1. The first-order valence-electron chi connectivity index (χ1n) is 12.1. The molecular formula is C30H27N5O2. The smallest absolute Gasteiger partial charge is 0.248 e. The fraction of sp³-hybridized carbons (Fsp3) is 0.133. The van der Waals surface area contributed by atoms with E-state index in [1.54, 1.807) is 54.3 Å². The summed E-state index contributed by atoms with van der Waals surface area (Å²) in [5, 5.41) is 11.0. The summed E-state index contributed by atoms with van der Waals surface area (Å²) in [6, 6.07) is 26.5. The van der Waals surface area contributed by atoms with Gasteiger partial charge in [-0.1, -0.05) is 54.6 Å². The molecule has 5 aromatic rings. The van der Waals surface area contributed by atoms with Gasteiger partial charge >= 0.3 is 0 Å². The monoisotopic (exact) mass is 489 g/mol. The first kappa shape index (κ1) is 23.9. The van der Waals surface area contributed by atoms with Crippen molar-refractivity contribution >= 4 is 34.1 Å². The average molecular weight is 490 g/mol. The number of pyridine rings is 1. The Bertz CT molecular complexity index is 1560. The number of benzene rings is 3. The molecule has 2 N–H and O–H groups in total. The van der Waals surface area contributed by atoms with Crippen molar-refractivity contribution in [3.8, 4) is 11.1 Å². The quantitative estimate of drug-likeness (QED) is 0.303. The number of nitrogens with one attached hydrogen (secondary N) is 2. The topological polar surface area (TPSA) is 88.9 Å². The lowest BCUT2D eigenvalue weighted by Crippen LogP contribution is -2.24. The Morgan fingerprint density at radius 1 is 0.892 bits per heavy atom. The van der Waals surface area contributed by atoms with Gasteiger partial charge < -0.3 is 10.6 Å². The Morgan fingerprint density at radius 2 is 1.62 bits per heavy atom. The summed E-state index contributed by atoms with van der Waals surface area (Å²) < 4.78 is 1.59. The SMILES string of the molecule is Cc1nc2ccccc2c(-c2ccccc2)c1CC(=O)Nc1cccc(NC(=O)C(C)n2cccn2)c1. The van der Waals surface area contributed by atoms with Gasteiger partial charge in [-0.25, -0.2) is 0 Å². The summed E-state index contributed by atoms with van der Waals surface area (Å²) in [5.41, 5.74) is 5.87. The number of amides is 2. The highest BCUT2D eigenvalue weighted by Gasteiger charge is 2.18. The molecule has 0 spiro atoms. The number of carbonyl (C=O) groups is 2. The molecule has 5 rings (SSSR count). The minimum atomic E-state index is -0.465. The van der Waals surface area contributed by atoms with Crippen molar-refractivity contribution in [3.63, 3.8) is 0 Å². The van der Waals surface area contributed by atoms with Crippen LogP contribution in [0.15, 0.2) is 97.3 Å². The van der Waals surface area contributed by atoms with E-state index in [0.29, 0.717) is 11.4 Å². The second-order valence-electron chi connectivity index (χ2n) is 8.89. The van der Waals surface area contributed by atoms with Crippen LogP contribution in [0.25, 0.3) is 22.0 Å². The minimum Gasteiger partial charge on any atom is -0.326 e. The van der Waals surface area contributed by atoms with Crippen LogP contribution in [0, 0.1) is 6.92 Å². The summed E-state index contributed by atoms with van der Waals surface area (Å²) in [6.45, 7) is 3.72. The van der Waals surface area contributed by atoms with Crippen LogP contribution in [0.5, 0.6) is 0 Å². The molecule has 37 heavy (non-hydrogen) atoms. The van der Waals surface area contributed by atoms with Crippen molar-refractivity contribution in [1.82, 2.24) is 14.8 Å². The fourth-order valence-electron chi connectivity index (χ4n) is 4.44. The molecule has 184 valence electrons. The predicted molar refractivity (Wildman–Crippen MR) is 146 cm³/mol. The van der Waals surface area contributed by atoms with Crippen molar-refractivity contribution in [1.29, 1.82) is 0 Å². The Hall–Kier alpha value is -4.78. The number of nitrogens with zero attached hydrogens (tertiary/aromatic N) is 3. The van der Waals surface area contributed by atoms with Crippen molar-refractivity contribution in [2.24, 2.45) is 0 Å². The summed E-state index contributed by atoms with van der Waals surface area (Å²) in [7, 11) is 0. The number of hydrogen-bond acceptors (Lipinski definition) is 4. The molecule has 2 amide bonds. The Morgan fingerprint density at radius 3 is 2.38 bits per heavy atom. The highest BCUT2D eigenvalue weighted by atomic mass is 16.2. The van der Waals surface area contributed by atoms with E-state index >= 15 is 0 Å². The normalized spacial score (nSPS) is 11.7. The molecule has 7 heteroatoms. The third-order valence-corrected chi connectivity index (χ3v) is 6.31. The number of aromatic nitrogens is 3. The van der Waals surface area contributed by atoms with Crippen LogP contribution in [-0.2, 0) is 16.0 Å². The summed E-state index contributed by atoms with van der Waals surface area (Å²) in [5.74, 6) is -0.358. The van der Waals surface area contributed by atoms with Crippen molar-refractivity contribution < 1.29 is 9.59 Å². The van der Waals surface area contributed by atoms with E-state index in [0.717, 1.165) is 33.3 Å². The molecule has 2 heterocycles. The highest BCUT2D eigenvalue weighted by Crippen LogP contribution is 2.33. The van der Waals surface area contributed by atoms with Gasteiger partial charge in [0.15, 0.2) is 0 Å². The third kappa shape index (κ3) is 5.26. The van der Waals surface area contributed by atoms with Gasteiger partial charge in [-0.15, -0.1) is 0 Å². The molecule has 0 saturated heterocycles. The van der Waals surface area contributed by atoms with Gasteiger partial charge in [0.2, 0.25) is 11.8 Å². The zero-order valence-electron chi connectivity index (χ0n) is 20.7. The van der Waals surface area contributed by atoms with E-state index in [2.05, 4.69) is 27.9 Å². The van der Waals surface area contributed by atoms with Crippen LogP contribution in [0.1, 0.15) is 24.2 Å². The second kappa shape index (κ2) is 10.5. The van der Waals surface area contributed by atoms with Gasteiger partial charge in [-0.05, 0) is 60.9 Å². The van der Waals surface area contributed by atoms with Crippen molar-refractivity contribution in [2.45, 2.75) is 26.3 Å². The van der Waals surface area contributed by atoms with Crippen LogP contribution >= 0.6 is 0 Å². The van der Waals surface area contributed by atoms with Gasteiger partial charge in [-0.3, -0.25) is 19.3 Å². The first-order chi connectivity index (χ1) is 18.0. The highest BCUT2D eigenvalue weighted by molar-refractivity contribution is 6.01. The first-order valence-corrected chi connectivity index (χ1v) is 12.1. The Kier molecular flexibility index (Phi) is 6.76. The molecule has 0 aliphatic rings. The van der Waals surface area contributed by atoms with E-state index in [-0.39, 0.29) is 18.2 Å². The molecule has 0 radical (unpaired) electrons. The van der Waals surface area contributed by atoms with Gasteiger partial charge in [0.05, 0.1) is 11.9 Å². The summed E-state index contributed by atoms with van der Waals surface area (Å²) in [4.78, 5) is 30.6. The standard InChI is InChI=1S/C30H27N5O2/c1-20-26(29(22-10-4-3-5-11-22)25-14-6-7-15-27(25)32-20)19-28(36)33-23-12-8-13-24(18-23)34-30(37)21(2)35-17-9-16-31-35/h3-18,21H,19H2,1-2H3,(H,33,36)(H,34,37). The number of hydrogen-bond donors (Lipinski definition) is 2. The molecule has 0 fully saturated rings. The second-order valence-corrected chi connectivity index (χ2v) is 8.89. The van der Waals surface area contributed by atoms with E-state index in [1.165, 1.54) is 0 Å². The van der Waals surface area contributed by atoms with Crippen LogP contribution in [-0.4, -0.2) is 26.6 Å². The number of rotatable bonds is 7. The third-order valence-electron chi connectivity index (χ3n) is 6.31. The van der Waals surface area contributed by atoms with Gasteiger partial charge in [0, 0.05) is 34.8 Å². The zero-order valence-corrected chi connectivity index (χ0v) is 20.7. The largest absolute Gasteiger partial charge is 0.326 e. The number of carbonyl (C=O) groups excluding carboxylic acids is 2. The number of para-hydroxylation sites is 1. The van der Waals surface area contributed by atoms with E-state index in [1.807, 2.05) is 49.4 Å². The minimum absolute atomic E-state index is 0.161. The maximum absolute atomic E-state index is 13.2. The molecule has 3 aromatic carbocycles. The average Bonchev–Trinajstić information content (AvgIpc) is 3.44. The Labute approximate surface area is 215 Å². The van der Waals surface area contributed by atoms with Crippen LogP contribution < -0.4 is 10.6 Å². The molecule has 2 aromatic heterocycles. The molecule has 0 saturated carbocycles. The Balaban J connectivity index is 1.37. The molecule has 0 aliphatic carbocycles. The summed E-state index contributed by atoms with van der Waals surface area (Å²) in [6.07, 6.45) is 3.55. The molecule has 1 unspecified atom stereocenters. The van der Waals surface area contributed by atoms with Gasteiger partial charge in [-0.2, -0.15) is 5.10 Å². The number of anilines is 2. The van der Waals surface area contributed by atoms with Crippen LogP contribution in [0.3, 0.4) is 0 Å². The zero-order chi connectivity index (χ0) is 25.8. The molecule has 7 nitrogen and oxygen atoms in total. The van der Waals surface area contributed by atoms with Crippen molar-refractivity contribution in [3.05, 3.63) is 109 Å². The molecule has 0 bridgehead atoms. The van der Waals surface area contributed by atoms with E-state index < -0.39 is 6.04 Å². The van der Waals surface area contributed by atoms with Crippen molar-refractivity contribution in [2.75, 3.05) is 10.6 Å². The fourth-order valence-corrected chi connectivity index (χ4v) is 4.44. The van der Waals surface area contributed by atoms with Crippen LogP contribution in [0.4, 0.5) is 11.4 Å². The molecular weight excluding hydrogens is 462 g/mol. The molecule has 1 atom stereocenters. The number of aryl methyl sites for hydroxylation is 1. The van der Waals surface area contributed by atoms with E-state index in [9.17, 15) is 9.59 Å². The van der Waals surface area contributed by atoms with E-state index in [4.69, 9.17) is 4.98 Å². The lowest BCUT2D eigenvalue weighted by molar-refractivity contribution is -0.119. The summed E-state index contributed by atoms with van der Waals surface area (Å²) >= 11 is 0. The van der Waals surface area contributed by atoms with Gasteiger partial charge in [0.25, 0.3) is 0 Å².